The summed E-state index contributed by atoms with van der Waals surface area (Å²) in [7, 11) is 1.89. The number of rotatable bonds is 8. The summed E-state index contributed by atoms with van der Waals surface area (Å²) in [6, 6.07) is 15.4. The lowest BCUT2D eigenvalue weighted by molar-refractivity contribution is 0.102. The number of nitrogens with one attached hydrogen (secondary N) is 1. The Morgan fingerprint density at radius 2 is 1.93 bits per heavy atom. The van der Waals surface area contributed by atoms with Gasteiger partial charge in [-0.25, -0.2) is 0 Å². The number of aromatic nitrogens is 3. The molecule has 6 nitrogen and oxygen atoms in total. The SMILES string of the molecule is CCCCN(CC)c1ccc(C(=O)Nc2cccc(-c3nncn3C)c2)cc1. The molecule has 0 spiro atoms. The van der Waals surface area contributed by atoms with E-state index < -0.39 is 0 Å². The van der Waals surface area contributed by atoms with Gasteiger partial charge in [0.2, 0.25) is 0 Å². The van der Waals surface area contributed by atoms with Crippen LogP contribution in [-0.2, 0) is 7.05 Å². The number of nitrogens with zero attached hydrogens (tertiary/aromatic N) is 4. The number of benzene rings is 2. The van der Waals surface area contributed by atoms with Gasteiger partial charge in [0, 0.05) is 42.6 Å². The van der Waals surface area contributed by atoms with Gasteiger partial charge in [-0.05, 0) is 49.7 Å². The average Bonchev–Trinajstić information content (AvgIpc) is 3.15. The number of amides is 1. The van der Waals surface area contributed by atoms with Gasteiger partial charge in [0.15, 0.2) is 5.82 Å². The maximum Gasteiger partial charge on any atom is 0.255 e. The fourth-order valence-electron chi connectivity index (χ4n) is 3.13. The minimum atomic E-state index is -0.127. The van der Waals surface area contributed by atoms with E-state index in [4.69, 9.17) is 0 Å². The predicted octanol–water partition coefficient (Wildman–Crippen LogP) is 4.36. The summed E-state index contributed by atoms with van der Waals surface area (Å²) in [6.45, 7) is 6.34. The zero-order valence-corrected chi connectivity index (χ0v) is 16.7. The van der Waals surface area contributed by atoms with Gasteiger partial charge in [0.25, 0.3) is 5.91 Å². The van der Waals surface area contributed by atoms with Gasteiger partial charge in [0.05, 0.1) is 0 Å². The van der Waals surface area contributed by atoms with Crippen molar-refractivity contribution >= 4 is 17.3 Å². The molecule has 3 rings (SSSR count). The molecule has 6 heteroatoms. The van der Waals surface area contributed by atoms with E-state index in [1.807, 2.05) is 60.1 Å². The van der Waals surface area contributed by atoms with Gasteiger partial charge in [0.1, 0.15) is 6.33 Å². The first-order valence-electron chi connectivity index (χ1n) is 9.73. The van der Waals surface area contributed by atoms with Crippen LogP contribution in [0.15, 0.2) is 54.9 Å². The second-order valence-corrected chi connectivity index (χ2v) is 6.78. The molecule has 0 aliphatic heterocycles. The van der Waals surface area contributed by atoms with Crippen molar-refractivity contribution in [3.63, 3.8) is 0 Å². The molecule has 1 amide bonds. The summed E-state index contributed by atoms with van der Waals surface area (Å²) < 4.78 is 1.84. The Hall–Kier alpha value is -3.15. The molecule has 1 aromatic heterocycles. The molecule has 0 aliphatic carbocycles. The summed E-state index contributed by atoms with van der Waals surface area (Å²) in [5, 5.41) is 11.0. The van der Waals surface area contributed by atoms with Crippen LogP contribution in [0.2, 0.25) is 0 Å². The molecule has 2 aromatic carbocycles. The Morgan fingerprint density at radius 3 is 2.57 bits per heavy atom. The highest BCUT2D eigenvalue weighted by molar-refractivity contribution is 6.04. The summed E-state index contributed by atoms with van der Waals surface area (Å²) >= 11 is 0. The van der Waals surface area contributed by atoms with Crippen molar-refractivity contribution in [1.82, 2.24) is 14.8 Å². The van der Waals surface area contributed by atoms with E-state index in [2.05, 4.69) is 34.3 Å². The molecule has 0 aliphatic rings. The second-order valence-electron chi connectivity index (χ2n) is 6.78. The molecule has 0 saturated carbocycles. The quantitative estimate of drug-likeness (QED) is 0.633. The van der Waals surface area contributed by atoms with E-state index in [1.165, 1.54) is 6.42 Å². The van der Waals surface area contributed by atoms with Crippen LogP contribution in [0.25, 0.3) is 11.4 Å². The van der Waals surface area contributed by atoms with Crippen LogP contribution in [-0.4, -0.2) is 33.8 Å². The van der Waals surface area contributed by atoms with Crippen molar-refractivity contribution in [1.29, 1.82) is 0 Å². The number of unbranched alkanes of at least 4 members (excludes halogenated alkanes) is 1. The van der Waals surface area contributed by atoms with E-state index in [-0.39, 0.29) is 5.91 Å². The van der Waals surface area contributed by atoms with Crippen LogP contribution in [0, 0.1) is 0 Å². The highest BCUT2D eigenvalue weighted by Crippen LogP contribution is 2.21. The summed E-state index contributed by atoms with van der Waals surface area (Å²) in [4.78, 5) is 15.0. The monoisotopic (exact) mass is 377 g/mol. The molecule has 0 fully saturated rings. The Labute approximate surface area is 166 Å². The molecule has 28 heavy (non-hydrogen) atoms. The van der Waals surface area contributed by atoms with E-state index in [1.54, 1.807) is 6.33 Å². The lowest BCUT2D eigenvalue weighted by Gasteiger charge is -2.23. The number of carbonyl (C=O) groups excluding carboxylic acids is 1. The number of aryl methyl sites for hydroxylation is 1. The third kappa shape index (κ3) is 4.57. The van der Waals surface area contributed by atoms with Gasteiger partial charge >= 0.3 is 0 Å². The minimum Gasteiger partial charge on any atom is -0.372 e. The Balaban J connectivity index is 1.70. The molecule has 1 heterocycles. The van der Waals surface area contributed by atoms with Crippen LogP contribution in [0.1, 0.15) is 37.0 Å². The smallest absolute Gasteiger partial charge is 0.255 e. The van der Waals surface area contributed by atoms with Crippen molar-refractivity contribution in [2.75, 3.05) is 23.3 Å². The topological polar surface area (TPSA) is 63.1 Å². The van der Waals surface area contributed by atoms with Gasteiger partial charge in [-0.15, -0.1) is 10.2 Å². The number of hydrogen-bond acceptors (Lipinski definition) is 4. The molecule has 0 saturated heterocycles. The van der Waals surface area contributed by atoms with Crippen molar-refractivity contribution < 1.29 is 4.79 Å². The van der Waals surface area contributed by atoms with E-state index in [0.717, 1.165) is 42.3 Å². The standard InChI is InChI=1S/C22H27N5O/c1-4-6-14-27(5-2)20-12-10-17(11-13-20)22(28)24-19-9-7-8-18(15-19)21-25-23-16-26(21)3/h7-13,15-16H,4-6,14H2,1-3H3,(H,24,28). The van der Waals surface area contributed by atoms with Gasteiger partial charge in [-0.1, -0.05) is 25.5 Å². The average molecular weight is 377 g/mol. The highest BCUT2D eigenvalue weighted by atomic mass is 16.1. The van der Waals surface area contributed by atoms with Crippen molar-refractivity contribution in [2.45, 2.75) is 26.7 Å². The first-order valence-corrected chi connectivity index (χ1v) is 9.73. The molecule has 1 N–H and O–H groups in total. The molecule has 3 aromatic rings. The number of anilines is 2. The Morgan fingerprint density at radius 1 is 1.14 bits per heavy atom. The Bertz CT molecular complexity index is 917. The molecule has 0 unspecified atom stereocenters. The molecular formula is C22H27N5O. The van der Waals surface area contributed by atoms with Gasteiger partial charge in [-0.2, -0.15) is 0 Å². The summed E-state index contributed by atoms with van der Waals surface area (Å²) in [6.07, 6.45) is 3.99. The number of hydrogen-bond donors (Lipinski definition) is 1. The molecule has 146 valence electrons. The van der Waals surface area contributed by atoms with Crippen molar-refractivity contribution in [3.05, 3.63) is 60.4 Å². The minimum absolute atomic E-state index is 0.127. The Kier molecular flexibility index (Phi) is 6.42. The van der Waals surface area contributed by atoms with E-state index in [0.29, 0.717) is 5.56 Å². The van der Waals surface area contributed by atoms with Crippen molar-refractivity contribution in [3.8, 4) is 11.4 Å². The summed E-state index contributed by atoms with van der Waals surface area (Å²) in [5.41, 5.74) is 3.42. The van der Waals surface area contributed by atoms with E-state index in [9.17, 15) is 4.79 Å². The fraction of sp³-hybridized carbons (Fsp3) is 0.318. The van der Waals surface area contributed by atoms with Gasteiger partial charge in [-0.3, -0.25) is 4.79 Å². The normalized spacial score (nSPS) is 10.7. The maximum atomic E-state index is 12.6. The second kappa shape index (κ2) is 9.17. The fourth-order valence-corrected chi connectivity index (χ4v) is 3.13. The third-order valence-corrected chi connectivity index (χ3v) is 4.75. The predicted molar refractivity (Wildman–Crippen MR) is 114 cm³/mol. The van der Waals surface area contributed by atoms with Crippen LogP contribution in [0.5, 0.6) is 0 Å². The lowest BCUT2D eigenvalue weighted by Crippen LogP contribution is -2.23. The molecule has 0 atom stereocenters. The van der Waals surface area contributed by atoms with E-state index >= 15 is 0 Å². The molecule has 0 bridgehead atoms. The van der Waals surface area contributed by atoms with Gasteiger partial charge < -0.3 is 14.8 Å². The van der Waals surface area contributed by atoms with Crippen molar-refractivity contribution in [2.24, 2.45) is 7.05 Å². The highest BCUT2D eigenvalue weighted by Gasteiger charge is 2.10. The first kappa shape index (κ1) is 19.6. The van der Waals surface area contributed by atoms with Crippen LogP contribution in [0.4, 0.5) is 11.4 Å². The zero-order chi connectivity index (χ0) is 19.9. The molecule has 0 radical (unpaired) electrons. The summed E-state index contributed by atoms with van der Waals surface area (Å²) in [5.74, 6) is 0.630. The van der Waals surface area contributed by atoms with Crippen LogP contribution < -0.4 is 10.2 Å². The van der Waals surface area contributed by atoms with Crippen LogP contribution >= 0.6 is 0 Å². The maximum absolute atomic E-state index is 12.6. The lowest BCUT2D eigenvalue weighted by atomic mass is 10.1. The van der Waals surface area contributed by atoms with Crippen LogP contribution in [0.3, 0.4) is 0 Å². The number of carbonyl (C=O) groups is 1. The third-order valence-electron chi connectivity index (χ3n) is 4.75. The first-order chi connectivity index (χ1) is 13.6. The molecular weight excluding hydrogens is 350 g/mol. The largest absolute Gasteiger partial charge is 0.372 e. The zero-order valence-electron chi connectivity index (χ0n) is 16.7.